The Balaban J connectivity index is 0.00000544. The molecule has 0 unspecified atom stereocenters. The fourth-order valence-corrected chi connectivity index (χ4v) is 3.03. The van der Waals surface area contributed by atoms with Crippen molar-refractivity contribution in [1.29, 1.82) is 0 Å². The van der Waals surface area contributed by atoms with Crippen molar-refractivity contribution >= 4 is 23.3 Å². The van der Waals surface area contributed by atoms with Gasteiger partial charge >= 0.3 is 0 Å². The summed E-state index contributed by atoms with van der Waals surface area (Å²) in [4.78, 5) is 54.1. The summed E-state index contributed by atoms with van der Waals surface area (Å²) in [5.74, 6) is -0.989. The maximum Gasteiger partial charge on any atom is 0.294 e. The molecule has 2 aromatic rings. The molecule has 0 aliphatic rings. The maximum absolute atomic E-state index is 13.2. The van der Waals surface area contributed by atoms with Crippen molar-refractivity contribution < 1.29 is 47.1 Å². The number of carbonyl (C=O) groups excluding carboxylic acids is 3. The van der Waals surface area contributed by atoms with Gasteiger partial charge in [-0.15, -0.1) is 0 Å². The van der Waals surface area contributed by atoms with Gasteiger partial charge in [-0.05, 0) is 26.0 Å². The summed E-state index contributed by atoms with van der Waals surface area (Å²) in [6, 6.07) is -1.82. The number of hydrogen-bond acceptors (Lipinski definition) is 8. The second-order valence-electron chi connectivity index (χ2n) is 8.72. The third kappa shape index (κ3) is 7.92. The fourth-order valence-electron chi connectivity index (χ4n) is 3.03. The molecule has 0 saturated heterocycles. The summed E-state index contributed by atoms with van der Waals surface area (Å²) in [5.41, 5.74) is 0.249. The molecular weight excluding hydrogens is 503 g/mol. The van der Waals surface area contributed by atoms with E-state index in [1.165, 1.54) is 24.6 Å². The van der Waals surface area contributed by atoms with Gasteiger partial charge < -0.3 is 20.8 Å². The van der Waals surface area contributed by atoms with E-state index in [9.17, 15) is 19.2 Å². The van der Waals surface area contributed by atoms with Gasteiger partial charge in [0.05, 0.1) is 11.7 Å². The van der Waals surface area contributed by atoms with Crippen LogP contribution in [-0.4, -0.2) is 43.4 Å². The van der Waals surface area contributed by atoms with E-state index in [0.717, 1.165) is 0 Å². The average Bonchev–Trinajstić information content (AvgIpc) is 3.20. The van der Waals surface area contributed by atoms with Gasteiger partial charge in [-0.3, -0.25) is 29.0 Å². The van der Waals surface area contributed by atoms with E-state index in [1.54, 1.807) is 13.1 Å². The molecule has 177 valence electrons. The fraction of sp³-hybridized carbons (Fsp3) is 0.571. The normalized spacial score (nSPS) is 12.9. The van der Waals surface area contributed by atoms with Gasteiger partial charge in [-0.1, -0.05) is 33.9 Å². The van der Waals surface area contributed by atoms with Crippen LogP contribution < -0.4 is 21.3 Å². The predicted molar refractivity (Wildman–Crippen MR) is 117 cm³/mol. The SMILES string of the molecule is CC[C@@H](C(=O)N[C@@H](CC(C)=O)C(C)=O)n1cc(C(C)(C)C)nc(NCc2c[n-]nn2)c1=O.[Y]. The Bertz CT molecular complexity index is 1030. The summed E-state index contributed by atoms with van der Waals surface area (Å²) < 4.78 is 1.32. The van der Waals surface area contributed by atoms with Gasteiger partial charge in [0.25, 0.3) is 5.56 Å². The van der Waals surface area contributed by atoms with Crippen LogP contribution in [0.1, 0.15) is 71.8 Å². The molecule has 0 aliphatic carbocycles. The van der Waals surface area contributed by atoms with E-state index in [1.807, 2.05) is 20.8 Å². The minimum absolute atomic E-state index is 0. The first kappa shape index (κ1) is 28.8. The van der Waals surface area contributed by atoms with Crippen LogP contribution in [0.25, 0.3) is 0 Å². The van der Waals surface area contributed by atoms with Crippen LogP contribution in [0.3, 0.4) is 0 Å². The molecule has 1 amide bonds. The van der Waals surface area contributed by atoms with E-state index in [4.69, 9.17) is 0 Å². The number of nitrogens with one attached hydrogen (secondary N) is 2. The van der Waals surface area contributed by atoms with Crippen molar-refractivity contribution in [2.75, 3.05) is 5.32 Å². The van der Waals surface area contributed by atoms with Gasteiger partial charge in [0.1, 0.15) is 11.8 Å². The van der Waals surface area contributed by atoms with Crippen LogP contribution in [0.4, 0.5) is 5.82 Å². The Morgan fingerprint density at radius 3 is 2.36 bits per heavy atom. The van der Waals surface area contributed by atoms with Crippen LogP contribution in [-0.2, 0) is 59.1 Å². The van der Waals surface area contributed by atoms with E-state index < -0.39 is 29.0 Å². The quantitative estimate of drug-likeness (QED) is 0.454. The van der Waals surface area contributed by atoms with Crippen molar-refractivity contribution in [2.24, 2.45) is 0 Å². The zero-order valence-corrected chi connectivity index (χ0v) is 22.7. The minimum Gasteiger partial charge on any atom is -0.362 e. The number of amides is 1. The van der Waals surface area contributed by atoms with Gasteiger partial charge in [-0.2, -0.15) is 0 Å². The van der Waals surface area contributed by atoms with Gasteiger partial charge in [-0.25, -0.2) is 4.98 Å². The second-order valence-corrected chi connectivity index (χ2v) is 8.72. The molecule has 0 aromatic carbocycles. The van der Waals surface area contributed by atoms with Crippen molar-refractivity contribution in [3.05, 3.63) is 34.1 Å². The van der Waals surface area contributed by atoms with Crippen molar-refractivity contribution in [3.63, 3.8) is 0 Å². The first-order chi connectivity index (χ1) is 14.9. The van der Waals surface area contributed by atoms with E-state index in [0.29, 0.717) is 17.8 Å². The van der Waals surface area contributed by atoms with E-state index >= 15 is 0 Å². The Hall–Kier alpha value is -2.27. The smallest absolute Gasteiger partial charge is 0.294 e. The monoisotopic (exact) mass is 533 g/mol. The largest absolute Gasteiger partial charge is 0.362 e. The Labute approximate surface area is 217 Å². The summed E-state index contributed by atoms with van der Waals surface area (Å²) in [6.45, 7) is 10.5. The number of rotatable bonds is 10. The number of aromatic nitrogens is 5. The van der Waals surface area contributed by atoms with Crippen LogP contribution in [0.15, 0.2) is 17.2 Å². The zero-order chi connectivity index (χ0) is 24.1. The molecule has 0 bridgehead atoms. The Kier molecular flexibility index (Phi) is 10.7. The molecule has 2 aromatic heterocycles. The molecular formula is C21H30N7O4Y-. The third-order valence-corrected chi connectivity index (χ3v) is 4.89. The molecule has 0 aliphatic heterocycles. The number of Topliss-reactive ketones (excluding diaryl/α,β-unsaturated/α-hetero) is 2. The molecule has 2 rings (SSSR count). The Morgan fingerprint density at radius 1 is 1.21 bits per heavy atom. The van der Waals surface area contributed by atoms with E-state index in [-0.39, 0.29) is 63.1 Å². The number of nitrogens with zero attached hydrogens (tertiary/aromatic N) is 5. The molecule has 0 fully saturated rings. The second kappa shape index (κ2) is 12.3. The summed E-state index contributed by atoms with van der Waals surface area (Å²) in [5, 5.41) is 16.6. The molecule has 0 saturated carbocycles. The van der Waals surface area contributed by atoms with Gasteiger partial charge in [0.2, 0.25) is 5.91 Å². The van der Waals surface area contributed by atoms with Crippen molar-refractivity contribution in [1.82, 2.24) is 30.3 Å². The number of hydrogen-bond donors (Lipinski definition) is 2. The van der Waals surface area contributed by atoms with Crippen LogP contribution in [0.5, 0.6) is 0 Å². The molecule has 2 heterocycles. The summed E-state index contributed by atoms with van der Waals surface area (Å²) in [7, 11) is 0. The standard InChI is InChI=1S/C21H31N7O4.Y/c1-7-16(19(31)24-15(13(3)30)8-12(2)29)28-11-17(21(4,5)6)25-18(20(28)32)22-9-14-10-23-27-26-14;/h10-11,15-16H,7-9H2,1-6H3,(H3,22,23,24,25,26,27,31);/p-1/t15-,16-;/m0./s1. The van der Waals surface area contributed by atoms with E-state index in [2.05, 4.69) is 31.0 Å². The number of ketones is 2. The molecule has 0 spiro atoms. The first-order valence-electron chi connectivity index (χ1n) is 10.4. The summed E-state index contributed by atoms with van der Waals surface area (Å²) >= 11 is 0. The topological polar surface area (TPSA) is 150 Å². The molecule has 1 radical (unpaired) electrons. The predicted octanol–water partition coefficient (Wildman–Crippen LogP) is 0.902. The van der Waals surface area contributed by atoms with Crippen LogP contribution in [0, 0.1) is 0 Å². The summed E-state index contributed by atoms with van der Waals surface area (Å²) in [6.07, 6.45) is 3.23. The third-order valence-electron chi connectivity index (χ3n) is 4.89. The number of carbonyl (C=O) groups is 3. The molecule has 2 atom stereocenters. The van der Waals surface area contributed by atoms with Crippen LogP contribution >= 0.6 is 0 Å². The first-order valence-corrected chi connectivity index (χ1v) is 10.4. The van der Waals surface area contributed by atoms with Gasteiger partial charge in [0, 0.05) is 57.3 Å². The maximum atomic E-state index is 13.2. The number of anilines is 1. The molecule has 12 heteroatoms. The molecule has 11 nitrogen and oxygen atoms in total. The Morgan fingerprint density at radius 2 is 1.88 bits per heavy atom. The minimum atomic E-state index is -0.935. The zero-order valence-electron chi connectivity index (χ0n) is 19.9. The van der Waals surface area contributed by atoms with Gasteiger partial charge in [0.15, 0.2) is 11.6 Å². The average molecular weight is 533 g/mol. The van der Waals surface area contributed by atoms with Crippen LogP contribution in [0.2, 0.25) is 0 Å². The molecule has 33 heavy (non-hydrogen) atoms. The van der Waals surface area contributed by atoms with Crippen molar-refractivity contribution in [3.8, 4) is 0 Å². The molecule has 2 N–H and O–H groups in total. The van der Waals surface area contributed by atoms with Crippen molar-refractivity contribution in [2.45, 2.75) is 78.4 Å².